The molecule has 1 unspecified atom stereocenters. The lowest BCUT2D eigenvalue weighted by Crippen LogP contribution is -2.44. The van der Waals surface area contributed by atoms with Gasteiger partial charge in [0.15, 0.2) is 16.6 Å². The van der Waals surface area contributed by atoms with Gasteiger partial charge in [0.2, 0.25) is 0 Å². The van der Waals surface area contributed by atoms with Crippen molar-refractivity contribution in [2.24, 2.45) is 23.7 Å². The van der Waals surface area contributed by atoms with Gasteiger partial charge in [0.25, 0.3) is 0 Å². The van der Waals surface area contributed by atoms with Crippen molar-refractivity contribution in [1.29, 1.82) is 0 Å². The van der Waals surface area contributed by atoms with Crippen molar-refractivity contribution in [3.05, 3.63) is 36.5 Å². The molecule has 3 rings (SSSR count). The minimum atomic E-state index is -2.10. The molecule has 1 N–H and O–H groups in total. The van der Waals surface area contributed by atoms with Gasteiger partial charge in [-0.15, -0.1) is 0 Å². The number of esters is 2. The Kier molecular flexibility index (Phi) is 10.1. The third-order valence-electron chi connectivity index (χ3n) is 10.7. The van der Waals surface area contributed by atoms with E-state index in [-0.39, 0.29) is 52.6 Å². The van der Waals surface area contributed by atoms with Crippen LogP contribution in [0.3, 0.4) is 0 Å². The second-order valence-corrected chi connectivity index (χ2v) is 25.5. The quantitative estimate of drug-likeness (QED) is 0.129. The Balaban J connectivity index is 1.89. The first-order chi connectivity index (χ1) is 19.0. The maximum Gasteiger partial charge on any atom is 0.336 e. The lowest BCUT2D eigenvalue weighted by Gasteiger charge is -2.39. The minimum Gasteiger partial charge on any atom is -0.461 e. The Morgan fingerprint density at radius 1 is 1.07 bits per heavy atom. The van der Waals surface area contributed by atoms with Crippen molar-refractivity contribution in [3.63, 3.8) is 0 Å². The molecule has 1 aliphatic heterocycles. The molecule has 1 heterocycles. The summed E-state index contributed by atoms with van der Waals surface area (Å²) in [6, 6.07) is 0. The maximum atomic E-state index is 13.4. The molecule has 2 aliphatic carbocycles. The fourth-order valence-electron chi connectivity index (χ4n) is 6.04. The van der Waals surface area contributed by atoms with E-state index in [4.69, 9.17) is 18.3 Å². The molecule has 0 spiro atoms. The molecule has 7 nitrogen and oxygen atoms in total. The van der Waals surface area contributed by atoms with Crippen molar-refractivity contribution in [3.8, 4) is 0 Å². The second-order valence-electron chi connectivity index (χ2n) is 15.9. The van der Waals surface area contributed by atoms with E-state index in [9.17, 15) is 14.7 Å². The molecule has 3 aliphatic rings. The number of hydrogen-bond acceptors (Lipinski definition) is 7. The molecule has 0 aromatic heterocycles. The van der Waals surface area contributed by atoms with Crippen LogP contribution >= 0.6 is 0 Å². The Bertz CT molecular complexity index is 1090. The number of aliphatic hydroxyl groups is 1. The number of carbonyl (C=O) groups excluding carboxylic acids is 2. The van der Waals surface area contributed by atoms with Crippen LogP contribution in [0.25, 0.3) is 0 Å². The molecule has 42 heavy (non-hydrogen) atoms. The van der Waals surface area contributed by atoms with Gasteiger partial charge in [-0.2, -0.15) is 0 Å². The highest BCUT2D eigenvalue weighted by Crippen LogP contribution is 2.55. The fraction of sp³-hybridized carbons (Fsp3) is 0.758. The third-order valence-corrected chi connectivity index (χ3v) is 19.7. The molecule has 0 amide bonds. The van der Waals surface area contributed by atoms with Crippen LogP contribution in [-0.2, 0) is 27.9 Å². The van der Waals surface area contributed by atoms with E-state index in [1.165, 1.54) is 0 Å². The van der Waals surface area contributed by atoms with E-state index >= 15 is 0 Å². The topological polar surface area (TPSA) is 91.3 Å². The molecule has 2 saturated carbocycles. The standard InChI is InChI=1S/C33H56O7Si2/c1-19-15-26(38-30(35)20(2)18-37-41(11,12)32(5,6)7)28-24(16-21(3)34)31(36)39-29(28)27-22(4)25(17-23(19)27)40-42(13,14)33(8,9)10/h21,23-29,34H,1-2,4,15-18H2,3,5-14H3/t21?,23-,24+,25-,26-,27-,28+,29+/m0/s1. The monoisotopic (exact) mass is 620 g/mol. The Labute approximate surface area is 256 Å². The summed E-state index contributed by atoms with van der Waals surface area (Å²) in [6.45, 7) is 36.5. The summed E-state index contributed by atoms with van der Waals surface area (Å²) in [7, 11) is -4.19. The Hall–Kier alpha value is -1.53. The fourth-order valence-corrected chi connectivity index (χ4v) is 8.32. The molecular weight excluding hydrogens is 565 g/mol. The number of aliphatic hydroxyl groups excluding tert-OH is 1. The Morgan fingerprint density at radius 2 is 1.64 bits per heavy atom. The van der Waals surface area contributed by atoms with Gasteiger partial charge in [-0.1, -0.05) is 66.9 Å². The molecule has 0 radical (unpaired) electrons. The summed E-state index contributed by atoms with van der Waals surface area (Å²) in [4.78, 5) is 26.7. The second kappa shape index (κ2) is 12.1. The van der Waals surface area contributed by atoms with Gasteiger partial charge < -0.3 is 23.4 Å². The van der Waals surface area contributed by atoms with Crippen molar-refractivity contribution in [1.82, 2.24) is 0 Å². The number of carbonyl (C=O) groups is 2. The summed E-state index contributed by atoms with van der Waals surface area (Å²) >= 11 is 0. The van der Waals surface area contributed by atoms with Gasteiger partial charge in [-0.05, 0) is 67.5 Å². The highest BCUT2D eigenvalue weighted by atomic mass is 28.4. The summed E-state index contributed by atoms with van der Waals surface area (Å²) in [5.41, 5.74) is 2.12. The average molecular weight is 621 g/mol. The molecule has 238 valence electrons. The van der Waals surface area contributed by atoms with Gasteiger partial charge in [-0.3, -0.25) is 4.79 Å². The highest BCUT2D eigenvalue weighted by Gasteiger charge is 2.60. The molecule has 3 fully saturated rings. The minimum absolute atomic E-state index is 0.00769. The Morgan fingerprint density at radius 3 is 2.17 bits per heavy atom. The average Bonchev–Trinajstić information content (AvgIpc) is 3.27. The SMILES string of the molecule is C=C(CO[Si](C)(C)C(C)(C)C)C(=O)O[C@H]1CC(=C)[C@@H]2C[C@H](O[Si](C)(C)C(C)(C)C)C(=C)[C@@H]2[C@H]2OC(=O)[C@H](CC(C)O)[C@@H]21. The van der Waals surface area contributed by atoms with Crippen molar-refractivity contribution in [2.75, 3.05) is 6.61 Å². The van der Waals surface area contributed by atoms with E-state index in [1.807, 2.05) is 0 Å². The van der Waals surface area contributed by atoms with Crippen LogP contribution in [0.15, 0.2) is 36.5 Å². The van der Waals surface area contributed by atoms with Crippen LogP contribution in [0.4, 0.5) is 0 Å². The first-order valence-corrected chi connectivity index (χ1v) is 21.3. The summed E-state index contributed by atoms with van der Waals surface area (Å²) in [5, 5.41) is 10.3. The van der Waals surface area contributed by atoms with Crippen LogP contribution in [-0.4, -0.2) is 64.7 Å². The van der Waals surface area contributed by atoms with E-state index in [0.717, 1.165) is 11.1 Å². The van der Waals surface area contributed by atoms with Gasteiger partial charge in [-0.25, -0.2) is 4.79 Å². The smallest absolute Gasteiger partial charge is 0.336 e. The van der Waals surface area contributed by atoms with E-state index in [2.05, 4.69) is 87.5 Å². The zero-order valence-corrected chi connectivity index (χ0v) is 30.0. The normalized spacial score (nSPS) is 31.2. The summed E-state index contributed by atoms with van der Waals surface area (Å²) in [6.07, 6.45) is -0.715. The molecule has 0 bridgehead atoms. The van der Waals surface area contributed by atoms with Gasteiger partial charge in [0, 0.05) is 18.3 Å². The zero-order valence-electron chi connectivity index (χ0n) is 28.0. The van der Waals surface area contributed by atoms with Gasteiger partial charge >= 0.3 is 11.9 Å². The van der Waals surface area contributed by atoms with E-state index in [1.54, 1.807) is 6.92 Å². The summed E-state index contributed by atoms with van der Waals surface area (Å²) < 4.78 is 25.3. The number of rotatable bonds is 9. The van der Waals surface area contributed by atoms with E-state index < -0.39 is 52.8 Å². The lowest BCUT2D eigenvalue weighted by atomic mass is 9.77. The molecule has 0 aromatic rings. The van der Waals surface area contributed by atoms with Crippen LogP contribution in [0.2, 0.25) is 36.3 Å². The lowest BCUT2D eigenvalue weighted by molar-refractivity contribution is -0.149. The number of ether oxygens (including phenoxy) is 2. The van der Waals surface area contributed by atoms with Crippen LogP contribution < -0.4 is 0 Å². The van der Waals surface area contributed by atoms with Gasteiger partial charge in [0.1, 0.15) is 12.2 Å². The molecule has 1 saturated heterocycles. The van der Waals surface area contributed by atoms with Crippen LogP contribution in [0.5, 0.6) is 0 Å². The van der Waals surface area contributed by atoms with Crippen LogP contribution in [0.1, 0.15) is 67.7 Å². The summed E-state index contributed by atoms with van der Waals surface area (Å²) in [5.74, 6) is -2.14. The van der Waals surface area contributed by atoms with Crippen molar-refractivity contribution >= 4 is 28.6 Å². The predicted molar refractivity (Wildman–Crippen MR) is 172 cm³/mol. The molecule has 9 heteroatoms. The zero-order chi connectivity index (χ0) is 32.2. The van der Waals surface area contributed by atoms with E-state index in [0.29, 0.717) is 12.8 Å². The molecule has 0 aromatic carbocycles. The number of hydrogen-bond donors (Lipinski definition) is 1. The van der Waals surface area contributed by atoms with Crippen molar-refractivity contribution in [2.45, 2.75) is 128 Å². The maximum absolute atomic E-state index is 13.4. The molecular formula is C33H56O7Si2. The third kappa shape index (κ3) is 7.06. The first-order valence-electron chi connectivity index (χ1n) is 15.4. The van der Waals surface area contributed by atoms with Crippen molar-refractivity contribution < 1.29 is 33.0 Å². The predicted octanol–water partition coefficient (Wildman–Crippen LogP) is 6.95. The first kappa shape index (κ1) is 35.0. The molecule has 8 atom stereocenters. The largest absolute Gasteiger partial charge is 0.461 e. The van der Waals surface area contributed by atoms with Crippen LogP contribution in [0, 0.1) is 23.7 Å². The highest BCUT2D eigenvalue weighted by molar-refractivity contribution is 6.74. The number of fused-ring (bicyclic) bond motifs is 3. The van der Waals surface area contributed by atoms with Gasteiger partial charge in [0.05, 0.1) is 30.3 Å².